The molecule has 0 radical (unpaired) electrons. The molecule has 0 aliphatic heterocycles. The molecule has 0 spiro atoms. The molecule has 0 atom stereocenters. The van der Waals surface area contributed by atoms with Crippen LogP contribution in [0.4, 0.5) is 4.79 Å². The van der Waals surface area contributed by atoms with Gasteiger partial charge in [0.1, 0.15) is 6.61 Å². The highest BCUT2D eigenvalue weighted by Crippen LogP contribution is 2.30. The normalized spacial score (nSPS) is 15.1. The number of carbonyl (C=O) groups is 1. The van der Waals surface area contributed by atoms with Gasteiger partial charge in [-0.25, -0.2) is 4.79 Å². The van der Waals surface area contributed by atoms with Gasteiger partial charge in [0.25, 0.3) is 0 Å². The summed E-state index contributed by atoms with van der Waals surface area (Å²) in [6, 6.07) is 9.52. The molecule has 1 amide bonds. The molecule has 1 aliphatic carbocycles. The zero-order valence-corrected chi connectivity index (χ0v) is 15.8. The van der Waals surface area contributed by atoms with E-state index in [1.807, 2.05) is 30.3 Å². The Balaban J connectivity index is 1.81. The summed E-state index contributed by atoms with van der Waals surface area (Å²) in [7, 11) is 0. The van der Waals surface area contributed by atoms with Crippen molar-refractivity contribution in [3.05, 3.63) is 69.3 Å². The van der Waals surface area contributed by atoms with E-state index in [0.29, 0.717) is 24.3 Å². The quantitative estimate of drug-likeness (QED) is 0.846. The Morgan fingerprint density at radius 1 is 0.962 bits per heavy atom. The first kappa shape index (κ1) is 18.1. The molecule has 0 fully saturated rings. The Kier molecular flexibility index (Phi) is 5.03. The fourth-order valence-corrected chi connectivity index (χ4v) is 3.47. The minimum Gasteiger partial charge on any atom is -0.443 e. The lowest BCUT2D eigenvalue weighted by Gasteiger charge is -2.25. The van der Waals surface area contributed by atoms with Crippen molar-refractivity contribution < 1.29 is 9.53 Å². The zero-order chi connectivity index (χ0) is 18.8. The van der Waals surface area contributed by atoms with Gasteiger partial charge in [0.2, 0.25) is 0 Å². The van der Waals surface area contributed by atoms with E-state index in [-0.39, 0.29) is 6.61 Å². The average molecular weight is 348 g/mol. The Hall–Kier alpha value is -2.75. The molecule has 1 N–H and O–H groups in total. The third-order valence-corrected chi connectivity index (χ3v) is 5.43. The Morgan fingerprint density at radius 2 is 1.54 bits per heavy atom. The molecule has 134 valence electrons. The number of ether oxygens (including phenoxy) is 1. The van der Waals surface area contributed by atoms with Gasteiger partial charge in [0, 0.05) is 12.8 Å². The summed E-state index contributed by atoms with van der Waals surface area (Å²) in [6.45, 7) is 8.68. The van der Waals surface area contributed by atoms with Crippen LogP contribution in [0.3, 0.4) is 0 Å². The van der Waals surface area contributed by atoms with Crippen molar-refractivity contribution in [2.24, 2.45) is 4.99 Å². The van der Waals surface area contributed by atoms with Gasteiger partial charge in [-0.15, -0.1) is 0 Å². The maximum absolute atomic E-state index is 12.1. The number of hydrogen-bond donors (Lipinski definition) is 1. The van der Waals surface area contributed by atoms with Crippen molar-refractivity contribution in [2.75, 3.05) is 0 Å². The van der Waals surface area contributed by atoms with Crippen molar-refractivity contribution >= 4 is 17.5 Å². The van der Waals surface area contributed by atoms with Crippen LogP contribution in [0.2, 0.25) is 0 Å². The Morgan fingerprint density at radius 3 is 2.15 bits per heavy atom. The van der Waals surface area contributed by atoms with Crippen LogP contribution in [0.15, 0.2) is 35.3 Å². The lowest BCUT2D eigenvalue weighted by atomic mass is 9.80. The Bertz CT molecular complexity index is 912. The monoisotopic (exact) mass is 348 g/mol. The molecule has 0 heterocycles. The number of nitrogens with one attached hydrogen (secondary N) is 1. The van der Waals surface area contributed by atoms with Crippen LogP contribution in [0.25, 0.3) is 0 Å². The fraction of sp³-hybridized carbons (Fsp3) is 0.318. The molecule has 26 heavy (non-hydrogen) atoms. The molecular formula is C22H24N2O2. The number of carbonyl (C=O) groups excluding carboxylic acids is 1. The maximum atomic E-state index is 12.1. The van der Waals surface area contributed by atoms with Crippen LogP contribution in [0.1, 0.15) is 38.9 Å². The number of benzene rings is 2. The molecule has 0 saturated carbocycles. The van der Waals surface area contributed by atoms with E-state index in [1.54, 1.807) is 0 Å². The summed E-state index contributed by atoms with van der Waals surface area (Å²) < 4.78 is 5.24. The highest BCUT2D eigenvalue weighted by Gasteiger charge is 2.25. The minimum absolute atomic E-state index is 0.191. The third-order valence-electron chi connectivity index (χ3n) is 5.43. The van der Waals surface area contributed by atoms with Gasteiger partial charge < -0.3 is 10.1 Å². The highest BCUT2D eigenvalue weighted by molar-refractivity contribution is 6.44. The van der Waals surface area contributed by atoms with Crippen molar-refractivity contribution in [3.63, 3.8) is 0 Å². The lowest BCUT2D eigenvalue weighted by molar-refractivity contribution is 0.151. The standard InChI is InChI=1S/C22H24N2O2/c1-13-14(2)16(4)19-11-21(20(23)10-18(19)15(13)3)24-22(25)26-12-17-8-6-5-7-9-17/h5-9,23H,10-12H2,1-4H3. The van der Waals surface area contributed by atoms with E-state index in [0.717, 1.165) is 5.56 Å². The molecule has 0 saturated heterocycles. The van der Waals surface area contributed by atoms with E-state index >= 15 is 0 Å². The second-order valence-corrected chi connectivity index (χ2v) is 6.89. The van der Waals surface area contributed by atoms with Crippen molar-refractivity contribution in [1.82, 2.24) is 0 Å². The number of nitrogens with zero attached hydrogens (tertiary/aromatic N) is 1. The molecule has 4 nitrogen and oxygen atoms in total. The second kappa shape index (κ2) is 7.24. The number of rotatable bonds is 2. The van der Waals surface area contributed by atoms with E-state index in [9.17, 15) is 4.79 Å². The zero-order valence-electron chi connectivity index (χ0n) is 15.8. The topological polar surface area (TPSA) is 62.5 Å². The Labute approximate surface area is 154 Å². The number of fused-ring (bicyclic) bond motifs is 1. The average Bonchev–Trinajstić information content (AvgIpc) is 2.65. The largest absolute Gasteiger partial charge is 0.443 e. The van der Waals surface area contributed by atoms with Gasteiger partial charge in [-0.1, -0.05) is 30.3 Å². The number of hydrogen-bond acceptors (Lipinski definition) is 3. The molecule has 0 unspecified atom stereocenters. The molecule has 2 aromatic carbocycles. The molecule has 4 heteroatoms. The molecule has 0 bridgehead atoms. The summed E-state index contributed by atoms with van der Waals surface area (Å²) in [5.74, 6) is 0. The van der Waals surface area contributed by atoms with E-state index in [4.69, 9.17) is 10.1 Å². The SMILES string of the molecule is Cc1c(C)c(C)c2c(c1C)CC(=N)C(=NC(=O)OCc1ccccc1)C2. The molecular weight excluding hydrogens is 324 g/mol. The molecule has 1 aliphatic rings. The van der Waals surface area contributed by atoms with Crippen molar-refractivity contribution in [2.45, 2.75) is 47.1 Å². The smallest absolute Gasteiger partial charge is 0.434 e. The first-order valence-electron chi connectivity index (χ1n) is 8.82. The van der Waals surface area contributed by atoms with Crippen LogP contribution in [-0.2, 0) is 24.2 Å². The fourth-order valence-electron chi connectivity index (χ4n) is 3.47. The number of amides is 1. The van der Waals surface area contributed by atoms with Crippen LogP contribution in [-0.4, -0.2) is 17.5 Å². The van der Waals surface area contributed by atoms with Gasteiger partial charge in [0.15, 0.2) is 0 Å². The summed E-state index contributed by atoms with van der Waals surface area (Å²) >= 11 is 0. The van der Waals surface area contributed by atoms with Gasteiger partial charge in [-0.2, -0.15) is 4.99 Å². The van der Waals surface area contributed by atoms with E-state index in [2.05, 4.69) is 32.7 Å². The van der Waals surface area contributed by atoms with Gasteiger partial charge >= 0.3 is 6.09 Å². The third kappa shape index (κ3) is 3.45. The van der Waals surface area contributed by atoms with Crippen LogP contribution < -0.4 is 0 Å². The van der Waals surface area contributed by atoms with Gasteiger partial charge in [-0.3, -0.25) is 0 Å². The summed E-state index contributed by atoms with van der Waals surface area (Å²) in [5.41, 5.74) is 9.31. The predicted molar refractivity (Wildman–Crippen MR) is 105 cm³/mol. The second-order valence-electron chi connectivity index (χ2n) is 6.89. The molecule has 3 rings (SSSR count). The van der Waals surface area contributed by atoms with Crippen molar-refractivity contribution in [1.29, 1.82) is 5.41 Å². The van der Waals surface area contributed by atoms with Crippen LogP contribution >= 0.6 is 0 Å². The van der Waals surface area contributed by atoms with Crippen LogP contribution in [0, 0.1) is 33.1 Å². The minimum atomic E-state index is -0.629. The predicted octanol–water partition coefficient (Wildman–Crippen LogP) is 4.82. The van der Waals surface area contributed by atoms with E-state index < -0.39 is 6.09 Å². The summed E-state index contributed by atoms with van der Waals surface area (Å²) in [5, 5.41) is 8.32. The maximum Gasteiger partial charge on any atom is 0.434 e. The van der Waals surface area contributed by atoms with Crippen molar-refractivity contribution in [3.8, 4) is 0 Å². The lowest BCUT2D eigenvalue weighted by Crippen LogP contribution is -2.28. The number of aliphatic imine (C=N–C) groups is 1. The highest BCUT2D eigenvalue weighted by atomic mass is 16.5. The molecule has 0 aromatic heterocycles. The summed E-state index contributed by atoms with van der Waals surface area (Å²) in [6.07, 6.45) is 0.409. The van der Waals surface area contributed by atoms with Gasteiger partial charge in [0.05, 0.1) is 11.4 Å². The summed E-state index contributed by atoms with van der Waals surface area (Å²) in [4.78, 5) is 16.2. The first-order chi connectivity index (χ1) is 12.4. The van der Waals surface area contributed by atoms with E-state index in [1.165, 1.54) is 33.4 Å². The van der Waals surface area contributed by atoms with Gasteiger partial charge in [-0.05, 0) is 66.6 Å². The molecule has 2 aromatic rings. The van der Waals surface area contributed by atoms with Crippen LogP contribution in [0.5, 0.6) is 0 Å². The first-order valence-corrected chi connectivity index (χ1v) is 8.82.